The summed E-state index contributed by atoms with van der Waals surface area (Å²) in [6.07, 6.45) is 0.132. The van der Waals surface area contributed by atoms with E-state index in [1.165, 1.54) is 20.8 Å². The molecular formula is C19H26N2O8S. The van der Waals surface area contributed by atoms with Crippen molar-refractivity contribution in [3.05, 3.63) is 12.2 Å². The van der Waals surface area contributed by atoms with E-state index in [0.29, 0.717) is 5.75 Å². The molecule has 0 aromatic carbocycles. The van der Waals surface area contributed by atoms with Gasteiger partial charge in [-0.05, 0) is 13.0 Å². The maximum Gasteiger partial charge on any atom is 0.331 e. The largest absolute Gasteiger partial charge is 0.465 e. The zero-order valence-electron chi connectivity index (χ0n) is 17.1. The molecule has 2 amide bonds. The van der Waals surface area contributed by atoms with E-state index in [1.807, 2.05) is 0 Å². The second kappa shape index (κ2) is 12.1. The van der Waals surface area contributed by atoms with E-state index in [9.17, 15) is 28.8 Å². The zero-order valence-corrected chi connectivity index (χ0v) is 18.0. The highest BCUT2D eigenvalue weighted by Gasteiger charge is 2.39. The van der Waals surface area contributed by atoms with Gasteiger partial charge in [0.05, 0.1) is 0 Å². The molecule has 0 saturated carbocycles. The van der Waals surface area contributed by atoms with Gasteiger partial charge in [-0.25, -0.2) is 4.79 Å². The van der Waals surface area contributed by atoms with E-state index in [4.69, 9.17) is 9.47 Å². The lowest BCUT2D eigenvalue weighted by molar-refractivity contribution is -0.165. The van der Waals surface area contributed by atoms with E-state index in [0.717, 1.165) is 23.9 Å². The summed E-state index contributed by atoms with van der Waals surface area (Å²) in [6, 6.07) is 0. The van der Waals surface area contributed by atoms with Gasteiger partial charge in [0, 0.05) is 36.8 Å². The van der Waals surface area contributed by atoms with E-state index >= 15 is 0 Å². The van der Waals surface area contributed by atoms with Crippen molar-refractivity contribution >= 4 is 46.4 Å². The number of thioether (sulfide) groups is 1. The molecule has 1 heterocycles. The first-order valence-corrected chi connectivity index (χ1v) is 10.2. The Morgan fingerprint density at radius 1 is 1.17 bits per heavy atom. The molecule has 30 heavy (non-hydrogen) atoms. The summed E-state index contributed by atoms with van der Waals surface area (Å²) < 4.78 is 10.3. The highest BCUT2D eigenvalue weighted by Crippen LogP contribution is 2.25. The third-order valence-electron chi connectivity index (χ3n) is 3.86. The van der Waals surface area contributed by atoms with Crippen LogP contribution in [-0.2, 0) is 38.2 Å². The predicted molar refractivity (Wildman–Crippen MR) is 107 cm³/mol. The van der Waals surface area contributed by atoms with Gasteiger partial charge in [-0.2, -0.15) is 0 Å². The Morgan fingerprint density at radius 3 is 2.53 bits per heavy atom. The number of Topliss-reactive ketones (excluding diaryl/α,β-unsaturated/α-hetero) is 1. The Labute approximate surface area is 178 Å². The zero-order chi connectivity index (χ0) is 22.7. The summed E-state index contributed by atoms with van der Waals surface area (Å²) in [5.74, 6) is -2.72. The molecule has 10 nitrogen and oxygen atoms in total. The van der Waals surface area contributed by atoms with Gasteiger partial charge < -0.3 is 20.1 Å². The standard InChI is InChI=1S/C19H26N2O8S/c1-12(22)10-15(25)28-11-19(2,3)17-18(27)21-7-6-13(23)20-8-9-30-16(26)5-4-14(24)29-17/h4-5,17H,6-11H2,1-3H3,(H,20,23)(H,21,27)/b5-4+/t17-/m0/s1. The van der Waals surface area contributed by atoms with Crippen LogP contribution in [0.5, 0.6) is 0 Å². The van der Waals surface area contributed by atoms with Crippen LogP contribution in [0.4, 0.5) is 0 Å². The molecule has 0 saturated heterocycles. The van der Waals surface area contributed by atoms with Gasteiger partial charge in [0.15, 0.2) is 6.10 Å². The minimum absolute atomic E-state index is 0.000827. The number of hydrogen-bond acceptors (Lipinski definition) is 9. The first kappa shape index (κ1) is 25.3. The minimum atomic E-state index is -1.38. The summed E-state index contributed by atoms with van der Waals surface area (Å²) >= 11 is 0.919. The van der Waals surface area contributed by atoms with E-state index < -0.39 is 40.9 Å². The van der Waals surface area contributed by atoms with Crippen LogP contribution in [0.15, 0.2) is 12.2 Å². The lowest BCUT2D eigenvalue weighted by Gasteiger charge is -2.32. The van der Waals surface area contributed by atoms with Crippen LogP contribution in [0.25, 0.3) is 0 Å². The van der Waals surface area contributed by atoms with Gasteiger partial charge in [0.2, 0.25) is 11.0 Å². The maximum atomic E-state index is 12.6. The van der Waals surface area contributed by atoms with Crippen molar-refractivity contribution in [1.82, 2.24) is 10.6 Å². The summed E-state index contributed by atoms with van der Waals surface area (Å²) in [7, 11) is 0. The molecule has 0 unspecified atom stereocenters. The number of rotatable bonds is 5. The Morgan fingerprint density at radius 2 is 1.87 bits per heavy atom. The van der Waals surface area contributed by atoms with E-state index in [-0.39, 0.29) is 37.8 Å². The number of carbonyl (C=O) groups excluding carboxylic acids is 6. The van der Waals surface area contributed by atoms with Crippen molar-refractivity contribution in [3.8, 4) is 0 Å². The molecule has 11 heteroatoms. The number of cyclic esters (lactones) is 1. The summed E-state index contributed by atoms with van der Waals surface area (Å²) in [5, 5.41) is 4.73. The minimum Gasteiger partial charge on any atom is -0.465 e. The SMILES string of the molecule is CC(=O)CC(=O)OCC(C)(C)[C@H]1OC(=O)/C=C/C(=O)SCCNC(=O)CCNC1=O. The highest BCUT2D eigenvalue weighted by atomic mass is 32.2. The normalized spacial score (nSPS) is 20.7. The average Bonchev–Trinajstić information content (AvgIpc) is 2.65. The molecule has 0 radical (unpaired) electrons. The van der Waals surface area contributed by atoms with Crippen molar-refractivity contribution in [1.29, 1.82) is 0 Å². The molecule has 1 aliphatic rings. The molecule has 2 N–H and O–H groups in total. The topological polar surface area (TPSA) is 145 Å². The van der Waals surface area contributed by atoms with Gasteiger partial charge in [-0.15, -0.1) is 0 Å². The van der Waals surface area contributed by atoms with E-state index in [2.05, 4.69) is 10.6 Å². The van der Waals surface area contributed by atoms with Crippen molar-refractivity contribution < 1.29 is 38.2 Å². The Kier molecular flexibility index (Phi) is 10.2. The Hall–Kier alpha value is -2.69. The fourth-order valence-electron chi connectivity index (χ4n) is 2.33. The molecule has 0 aromatic heterocycles. The third kappa shape index (κ3) is 9.68. The predicted octanol–water partition coefficient (Wildman–Crippen LogP) is -0.101. The molecule has 0 aliphatic carbocycles. The first-order valence-electron chi connectivity index (χ1n) is 9.26. The van der Waals surface area contributed by atoms with Crippen LogP contribution in [0.2, 0.25) is 0 Å². The second-order valence-corrected chi connectivity index (χ2v) is 8.34. The average molecular weight is 442 g/mol. The molecule has 1 aliphatic heterocycles. The Bertz CT molecular complexity index is 732. The molecule has 0 spiro atoms. The van der Waals surface area contributed by atoms with Gasteiger partial charge in [-0.1, -0.05) is 25.6 Å². The molecular weight excluding hydrogens is 416 g/mol. The van der Waals surface area contributed by atoms with E-state index in [1.54, 1.807) is 0 Å². The molecule has 0 fully saturated rings. The lowest BCUT2D eigenvalue weighted by Crippen LogP contribution is -2.49. The van der Waals surface area contributed by atoms with Crippen LogP contribution in [0.3, 0.4) is 0 Å². The number of esters is 2. The number of amides is 2. The maximum absolute atomic E-state index is 12.6. The van der Waals surface area contributed by atoms with Crippen LogP contribution < -0.4 is 10.6 Å². The number of nitrogens with one attached hydrogen (secondary N) is 2. The number of ether oxygens (including phenoxy) is 2. The van der Waals surface area contributed by atoms with Crippen molar-refractivity contribution in [2.45, 2.75) is 39.7 Å². The molecule has 0 aromatic rings. The number of hydrogen-bond donors (Lipinski definition) is 2. The van der Waals surface area contributed by atoms with Crippen LogP contribution in [0.1, 0.15) is 33.6 Å². The molecule has 166 valence electrons. The fraction of sp³-hybridized carbons (Fsp3) is 0.579. The third-order valence-corrected chi connectivity index (χ3v) is 4.68. The number of carbonyl (C=O) groups is 6. The van der Waals surface area contributed by atoms with Crippen molar-refractivity contribution in [2.24, 2.45) is 5.41 Å². The van der Waals surface area contributed by atoms with Gasteiger partial charge in [-0.3, -0.25) is 24.0 Å². The quantitative estimate of drug-likeness (QED) is 0.440. The summed E-state index contributed by atoms with van der Waals surface area (Å²) in [5.41, 5.74) is -1.16. The second-order valence-electron chi connectivity index (χ2n) is 7.24. The van der Waals surface area contributed by atoms with Crippen LogP contribution in [0, 0.1) is 5.41 Å². The smallest absolute Gasteiger partial charge is 0.331 e. The van der Waals surface area contributed by atoms with Crippen LogP contribution >= 0.6 is 11.8 Å². The highest BCUT2D eigenvalue weighted by molar-refractivity contribution is 8.14. The molecule has 1 atom stereocenters. The Balaban J connectivity index is 2.96. The molecule has 1 rings (SSSR count). The van der Waals surface area contributed by atoms with Crippen molar-refractivity contribution in [3.63, 3.8) is 0 Å². The first-order chi connectivity index (χ1) is 14.0. The van der Waals surface area contributed by atoms with Crippen molar-refractivity contribution in [2.75, 3.05) is 25.4 Å². The monoisotopic (exact) mass is 442 g/mol. The van der Waals surface area contributed by atoms with Gasteiger partial charge >= 0.3 is 11.9 Å². The van der Waals surface area contributed by atoms with Gasteiger partial charge in [0.1, 0.15) is 18.8 Å². The lowest BCUT2D eigenvalue weighted by atomic mass is 9.86. The van der Waals surface area contributed by atoms with Crippen LogP contribution in [-0.4, -0.2) is 66.2 Å². The fourth-order valence-corrected chi connectivity index (χ4v) is 2.90. The molecule has 0 bridgehead atoms. The number of ketones is 1. The van der Waals surface area contributed by atoms with Gasteiger partial charge in [0.25, 0.3) is 5.91 Å². The summed E-state index contributed by atoms with van der Waals surface area (Å²) in [4.78, 5) is 71.0. The summed E-state index contributed by atoms with van der Waals surface area (Å²) in [6.45, 7) is 4.28.